The zero-order valence-electron chi connectivity index (χ0n) is 32.7. The van der Waals surface area contributed by atoms with Gasteiger partial charge in [0.05, 0.1) is 29.0 Å². The zero-order chi connectivity index (χ0) is 40.6. The number of thioether (sulfide) groups is 1. The summed E-state index contributed by atoms with van der Waals surface area (Å²) in [6.07, 6.45) is 9.88. The highest BCUT2D eigenvalue weighted by Crippen LogP contribution is 2.33. The molecule has 0 radical (unpaired) electrons. The minimum atomic E-state index is -0.997. The Hall–Kier alpha value is -4.83. The maximum Gasteiger partial charge on any atom is 0.264 e. The second-order valence-corrected chi connectivity index (χ2v) is 16.8. The third-order valence-corrected chi connectivity index (χ3v) is 12.8. The summed E-state index contributed by atoms with van der Waals surface area (Å²) in [5.41, 5.74) is 0.869. The van der Waals surface area contributed by atoms with Gasteiger partial charge in [0, 0.05) is 68.8 Å². The molecule has 0 saturated carbocycles. The highest BCUT2D eigenvalue weighted by atomic mass is 32.2. The van der Waals surface area contributed by atoms with Crippen LogP contribution in [0.2, 0.25) is 0 Å². The second kappa shape index (κ2) is 19.3. The number of unbranched alkanes of at least 4 members (excludes halogenated alkanes) is 5. The number of nitrogens with one attached hydrogen (secondary N) is 3. The number of carbonyl (C=O) groups is 5. The van der Waals surface area contributed by atoms with Crippen molar-refractivity contribution in [1.82, 2.24) is 25.1 Å². The van der Waals surface area contributed by atoms with Gasteiger partial charge in [-0.15, -0.1) is 0 Å². The van der Waals surface area contributed by atoms with Gasteiger partial charge in [-0.3, -0.25) is 39.0 Å². The van der Waals surface area contributed by atoms with E-state index in [1.807, 2.05) is 4.90 Å². The van der Waals surface area contributed by atoms with Gasteiger partial charge in [-0.2, -0.15) is 11.8 Å². The average Bonchev–Trinajstić information content (AvgIpc) is 3.47. The Kier molecular flexibility index (Phi) is 13.7. The number of halogens is 1. The number of fused-ring (bicyclic) bond motifs is 2. The molecule has 5 amide bonds. The molecule has 14 nitrogen and oxygen atoms in total. The van der Waals surface area contributed by atoms with Gasteiger partial charge < -0.3 is 24.7 Å². The molecular formula is C42H51FN6O8S. The number of hydrogen-bond acceptors (Lipinski definition) is 11. The highest BCUT2D eigenvalue weighted by molar-refractivity contribution is 7.99. The van der Waals surface area contributed by atoms with Crippen molar-refractivity contribution in [2.45, 2.75) is 101 Å². The largest absolute Gasteiger partial charge is 0.493 e. The van der Waals surface area contributed by atoms with E-state index in [0.29, 0.717) is 60.9 Å². The minimum absolute atomic E-state index is 0.0678. The van der Waals surface area contributed by atoms with Crippen molar-refractivity contribution in [1.29, 1.82) is 0 Å². The lowest BCUT2D eigenvalue weighted by Gasteiger charge is -2.32. The van der Waals surface area contributed by atoms with Crippen LogP contribution in [-0.2, 0) is 24.9 Å². The van der Waals surface area contributed by atoms with Gasteiger partial charge >= 0.3 is 0 Å². The van der Waals surface area contributed by atoms with E-state index >= 15 is 0 Å². The summed E-state index contributed by atoms with van der Waals surface area (Å²) in [4.78, 5) is 86.1. The molecule has 3 saturated heterocycles. The number of piperidine rings is 2. The van der Waals surface area contributed by atoms with E-state index in [1.54, 1.807) is 36.0 Å². The van der Waals surface area contributed by atoms with Gasteiger partial charge in [0.25, 0.3) is 17.4 Å². The van der Waals surface area contributed by atoms with E-state index < -0.39 is 41.0 Å². The summed E-state index contributed by atoms with van der Waals surface area (Å²) in [6.45, 7) is 3.81. The van der Waals surface area contributed by atoms with E-state index in [9.17, 15) is 33.2 Å². The van der Waals surface area contributed by atoms with Crippen molar-refractivity contribution in [2.24, 2.45) is 5.92 Å². The molecule has 4 aliphatic rings. The number of likely N-dealkylation sites (tertiary alicyclic amines) is 1. The Morgan fingerprint density at radius 3 is 2.48 bits per heavy atom. The molecule has 0 spiro atoms. The number of hydrogen-bond donors (Lipinski definition) is 3. The lowest BCUT2D eigenvalue weighted by Crippen LogP contribution is -2.54. The summed E-state index contributed by atoms with van der Waals surface area (Å²) < 4.78 is 26.4. The molecule has 7 rings (SSSR count). The number of aromatic amines is 1. The molecule has 1 unspecified atom stereocenters. The van der Waals surface area contributed by atoms with Crippen LogP contribution in [0.15, 0.2) is 35.1 Å². The molecule has 3 N–H and O–H groups in total. The van der Waals surface area contributed by atoms with E-state index in [-0.39, 0.29) is 46.7 Å². The molecule has 310 valence electrons. The number of benzene rings is 2. The van der Waals surface area contributed by atoms with Crippen LogP contribution >= 0.6 is 11.8 Å². The molecule has 58 heavy (non-hydrogen) atoms. The predicted molar refractivity (Wildman–Crippen MR) is 216 cm³/mol. The van der Waals surface area contributed by atoms with Crippen LogP contribution in [0.5, 0.6) is 5.75 Å². The molecule has 0 bridgehead atoms. The SMILES string of the molecule is O=C1CCC(N2C(=O)c3cccc(NCCCCCCCCC(=O)N4CCC(COc5cc(F)c6c(=O)[nH]c(CSC7CCOCC7)nc6c5)CC4)c3C2=O)C(=O)N1. The van der Waals surface area contributed by atoms with Crippen molar-refractivity contribution < 1.29 is 37.8 Å². The van der Waals surface area contributed by atoms with Crippen molar-refractivity contribution in [3.63, 3.8) is 0 Å². The Balaban J connectivity index is 0.762. The minimum Gasteiger partial charge on any atom is -0.493 e. The fourth-order valence-electron chi connectivity index (χ4n) is 8.15. The van der Waals surface area contributed by atoms with Gasteiger partial charge in [-0.25, -0.2) is 9.37 Å². The predicted octanol–water partition coefficient (Wildman–Crippen LogP) is 5.34. The van der Waals surface area contributed by atoms with Gasteiger partial charge in [0.1, 0.15) is 28.8 Å². The quantitative estimate of drug-likeness (QED) is 0.118. The fraction of sp³-hybridized carbons (Fsp3) is 0.548. The number of aromatic nitrogens is 2. The van der Waals surface area contributed by atoms with Crippen molar-refractivity contribution in [3.05, 3.63) is 63.5 Å². The van der Waals surface area contributed by atoms with Crippen LogP contribution in [-0.4, -0.2) is 100 Å². The molecule has 5 heterocycles. The van der Waals surface area contributed by atoms with Crippen molar-refractivity contribution >= 4 is 57.9 Å². The van der Waals surface area contributed by atoms with Crippen LogP contribution in [0.25, 0.3) is 10.9 Å². The molecule has 16 heteroatoms. The fourth-order valence-corrected chi connectivity index (χ4v) is 9.21. The number of amides is 5. The first-order valence-corrected chi connectivity index (χ1v) is 21.6. The third-order valence-electron chi connectivity index (χ3n) is 11.5. The Bertz CT molecular complexity index is 2080. The number of nitrogens with zero attached hydrogens (tertiary/aromatic N) is 3. The normalized spacial score (nSPS) is 19.2. The molecular weight excluding hydrogens is 768 g/mol. The molecule has 1 aromatic heterocycles. The first-order valence-electron chi connectivity index (χ1n) is 20.6. The van der Waals surface area contributed by atoms with Crippen molar-refractivity contribution in [3.8, 4) is 5.75 Å². The number of imide groups is 2. The number of anilines is 1. The average molecular weight is 819 g/mol. The standard InChI is InChI=1S/C42H51FN6O8S/c43-30-22-27(23-32-38(30)40(53)46-34(45-32)25-58-28-15-20-56-21-16-28)57-24-26-13-18-48(19-14-26)36(51)10-5-3-1-2-4-6-17-44-31-9-7-8-29-37(31)42(55)49(41(29)54)33-11-12-35(50)47-39(33)52/h7-9,22-23,26,28,33,44H,1-6,10-21,24-25H2,(H,45,46,53)(H,47,50,52). The van der Waals surface area contributed by atoms with Crippen LogP contribution in [0.3, 0.4) is 0 Å². The van der Waals surface area contributed by atoms with Gasteiger partial charge in [0.2, 0.25) is 17.7 Å². The Morgan fingerprint density at radius 1 is 0.948 bits per heavy atom. The van der Waals surface area contributed by atoms with E-state index in [4.69, 9.17) is 9.47 Å². The Morgan fingerprint density at radius 2 is 1.71 bits per heavy atom. The molecule has 1 atom stereocenters. The summed E-state index contributed by atoms with van der Waals surface area (Å²) in [7, 11) is 0. The van der Waals surface area contributed by atoms with E-state index in [2.05, 4.69) is 20.6 Å². The second-order valence-electron chi connectivity index (χ2n) is 15.5. The zero-order valence-corrected chi connectivity index (χ0v) is 33.5. The number of ether oxygens (including phenoxy) is 2. The molecule has 2 aromatic carbocycles. The summed E-state index contributed by atoms with van der Waals surface area (Å²) in [5.74, 6) is -0.950. The first-order chi connectivity index (χ1) is 28.2. The summed E-state index contributed by atoms with van der Waals surface area (Å²) in [5, 5.41) is 5.89. The lowest BCUT2D eigenvalue weighted by molar-refractivity contribution is -0.136. The Labute approximate surface area is 340 Å². The highest BCUT2D eigenvalue weighted by Gasteiger charge is 2.45. The number of carbonyl (C=O) groups excluding carboxylic acids is 5. The van der Waals surface area contributed by atoms with Crippen LogP contribution in [0, 0.1) is 11.7 Å². The van der Waals surface area contributed by atoms with Crippen LogP contribution < -0.4 is 20.9 Å². The topological polar surface area (TPSA) is 180 Å². The van der Waals surface area contributed by atoms with Gasteiger partial charge in [0.15, 0.2) is 0 Å². The van der Waals surface area contributed by atoms with Gasteiger partial charge in [-0.05, 0) is 63.0 Å². The van der Waals surface area contributed by atoms with Crippen LogP contribution in [0.4, 0.5) is 10.1 Å². The monoisotopic (exact) mass is 818 g/mol. The van der Waals surface area contributed by atoms with E-state index in [1.165, 1.54) is 6.07 Å². The summed E-state index contributed by atoms with van der Waals surface area (Å²) >= 11 is 1.73. The lowest BCUT2D eigenvalue weighted by atomic mass is 9.97. The first kappa shape index (κ1) is 41.3. The third kappa shape index (κ3) is 9.88. The maximum absolute atomic E-state index is 15.0. The molecule has 3 fully saturated rings. The molecule has 0 aliphatic carbocycles. The summed E-state index contributed by atoms with van der Waals surface area (Å²) in [6, 6.07) is 6.93. The molecule has 3 aromatic rings. The molecule has 4 aliphatic heterocycles. The number of H-pyrrole nitrogens is 1. The van der Waals surface area contributed by atoms with Crippen LogP contribution in [0.1, 0.15) is 110 Å². The number of rotatable bonds is 17. The van der Waals surface area contributed by atoms with Crippen molar-refractivity contribution in [2.75, 3.05) is 44.8 Å². The van der Waals surface area contributed by atoms with Gasteiger partial charge in [-0.1, -0.05) is 31.7 Å². The van der Waals surface area contributed by atoms with E-state index in [0.717, 1.165) is 82.3 Å². The smallest absolute Gasteiger partial charge is 0.264 e. The maximum atomic E-state index is 15.0.